The average Bonchev–Trinajstić information content (AvgIpc) is 2.17. The second kappa shape index (κ2) is 3.71. The Morgan fingerprint density at radius 2 is 2.43 bits per heavy atom. The predicted octanol–water partition coefficient (Wildman–Crippen LogP) is 2.46. The van der Waals surface area contributed by atoms with E-state index in [0.29, 0.717) is 18.9 Å². The molecule has 1 atom stereocenters. The largest absolute Gasteiger partial charge is 0.493 e. The summed E-state index contributed by atoms with van der Waals surface area (Å²) in [4.78, 5) is 0. The van der Waals surface area contributed by atoms with Crippen LogP contribution in [0.5, 0.6) is 5.75 Å². The van der Waals surface area contributed by atoms with Gasteiger partial charge in [-0.25, -0.2) is 0 Å². The summed E-state index contributed by atoms with van der Waals surface area (Å²) in [5, 5.41) is 8.62. The molecule has 0 spiro atoms. The van der Waals surface area contributed by atoms with Gasteiger partial charge in [-0.2, -0.15) is 5.26 Å². The van der Waals surface area contributed by atoms with Gasteiger partial charge in [0.1, 0.15) is 5.75 Å². The maximum Gasteiger partial charge on any atom is 0.122 e. The zero-order chi connectivity index (χ0) is 9.97. The summed E-state index contributed by atoms with van der Waals surface area (Å²) in [6, 6.07) is 8.43. The summed E-state index contributed by atoms with van der Waals surface area (Å²) in [5.74, 6) is 1.36. The number of nitriles is 1. The molecule has 0 aromatic heterocycles. The Hall–Kier alpha value is -1.49. The maximum atomic E-state index is 8.62. The zero-order valence-electron chi connectivity index (χ0n) is 8.29. The fraction of sp³-hybridized carbons (Fsp3) is 0.417. The number of hydrogen-bond acceptors (Lipinski definition) is 2. The number of ether oxygens (including phenoxy) is 1. The third-order valence-corrected chi connectivity index (χ3v) is 2.58. The van der Waals surface area contributed by atoms with Crippen LogP contribution >= 0.6 is 0 Å². The van der Waals surface area contributed by atoms with Crippen LogP contribution in [0.25, 0.3) is 0 Å². The zero-order valence-corrected chi connectivity index (χ0v) is 8.29. The van der Waals surface area contributed by atoms with Crippen molar-refractivity contribution in [2.24, 2.45) is 5.92 Å². The lowest BCUT2D eigenvalue weighted by molar-refractivity contribution is 0.224. The molecule has 1 aromatic rings. The normalized spacial score (nSPS) is 19.3. The summed E-state index contributed by atoms with van der Waals surface area (Å²) in [6.07, 6.45) is 1.57. The number of nitrogens with zero attached hydrogens (tertiary/aromatic N) is 1. The highest BCUT2D eigenvalue weighted by Gasteiger charge is 2.19. The van der Waals surface area contributed by atoms with Crippen molar-refractivity contribution < 1.29 is 4.74 Å². The molecule has 0 aliphatic carbocycles. The molecule has 0 saturated heterocycles. The van der Waals surface area contributed by atoms with Crippen molar-refractivity contribution in [3.63, 3.8) is 0 Å². The molecule has 2 heteroatoms. The van der Waals surface area contributed by atoms with Gasteiger partial charge in [-0.15, -0.1) is 0 Å². The molecule has 72 valence electrons. The highest BCUT2D eigenvalue weighted by atomic mass is 16.5. The van der Waals surface area contributed by atoms with Gasteiger partial charge in [0, 0.05) is 12.3 Å². The van der Waals surface area contributed by atoms with Crippen LogP contribution in [0.3, 0.4) is 0 Å². The molecule has 0 amide bonds. The van der Waals surface area contributed by atoms with Crippen molar-refractivity contribution in [1.82, 2.24) is 0 Å². The summed E-state index contributed by atoms with van der Waals surface area (Å²) in [7, 11) is 0. The fourth-order valence-corrected chi connectivity index (χ4v) is 1.85. The van der Waals surface area contributed by atoms with Gasteiger partial charge in [0.15, 0.2) is 0 Å². The third-order valence-electron chi connectivity index (χ3n) is 2.58. The second-order valence-corrected chi connectivity index (χ2v) is 3.85. The van der Waals surface area contributed by atoms with Gasteiger partial charge in [0.2, 0.25) is 0 Å². The summed E-state index contributed by atoms with van der Waals surface area (Å²) in [5.41, 5.74) is 2.50. The average molecular weight is 187 g/mol. The molecule has 1 heterocycles. The third kappa shape index (κ3) is 1.72. The van der Waals surface area contributed by atoms with Crippen LogP contribution in [-0.4, -0.2) is 6.61 Å². The fourth-order valence-electron chi connectivity index (χ4n) is 1.85. The van der Waals surface area contributed by atoms with Crippen LogP contribution in [0, 0.1) is 24.2 Å². The lowest BCUT2D eigenvalue weighted by Gasteiger charge is -2.23. The minimum Gasteiger partial charge on any atom is -0.493 e. The molecule has 0 saturated carbocycles. The van der Waals surface area contributed by atoms with Gasteiger partial charge in [0.25, 0.3) is 0 Å². The Morgan fingerprint density at radius 3 is 3.21 bits per heavy atom. The number of rotatable bonds is 1. The van der Waals surface area contributed by atoms with Crippen LogP contribution < -0.4 is 4.74 Å². The van der Waals surface area contributed by atoms with Crippen LogP contribution in [-0.2, 0) is 6.42 Å². The van der Waals surface area contributed by atoms with Crippen molar-refractivity contribution >= 4 is 0 Å². The number of fused-ring (bicyclic) bond motifs is 1. The van der Waals surface area contributed by atoms with Crippen molar-refractivity contribution in [1.29, 1.82) is 5.26 Å². The Morgan fingerprint density at radius 1 is 1.57 bits per heavy atom. The molecule has 1 aliphatic heterocycles. The molecule has 0 bridgehead atoms. The van der Waals surface area contributed by atoms with Crippen LogP contribution in [0.2, 0.25) is 0 Å². The standard InChI is InChI=1S/C12H13NO/c1-9-2-3-12-11(6-9)7-10(4-5-13)8-14-12/h2-3,6,10H,4,7-8H2,1H3. The van der Waals surface area contributed by atoms with E-state index in [1.54, 1.807) is 0 Å². The molecule has 1 unspecified atom stereocenters. The summed E-state index contributed by atoms with van der Waals surface area (Å²) in [6.45, 7) is 2.76. The molecule has 1 aliphatic rings. The first-order chi connectivity index (χ1) is 6.79. The van der Waals surface area contributed by atoms with E-state index >= 15 is 0 Å². The molecule has 2 rings (SSSR count). The first-order valence-corrected chi connectivity index (χ1v) is 4.89. The number of benzene rings is 1. The Kier molecular flexibility index (Phi) is 2.41. The maximum absolute atomic E-state index is 8.62. The number of aryl methyl sites for hydroxylation is 1. The van der Waals surface area contributed by atoms with E-state index in [9.17, 15) is 0 Å². The Balaban J connectivity index is 2.21. The molecule has 14 heavy (non-hydrogen) atoms. The Bertz CT molecular complexity index is 378. The van der Waals surface area contributed by atoms with Crippen molar-refractivity contribution in [3.8, 4) is 11.8 Å². The highest BCUT2D eigenvalue weighted by molar-refractivity contribution is 5.38. The quantitative estimate of drug-likeness (QED) is 0.676. The van der Waals surface area contributed by atoms with Crippen LogP contribution in [0.4, 0.5) is 0 Å². The van der Waals surface area contributed by atoms with E-state index in [2.05, 4.69) is 25.1 Å². The van der Waals surface area contributed by atoms with Gasteiger partial charge in [-0.3, -0.25) is 0 Å². The van der Waals surface area contributed by atoms with Crippen molar-refractivity contribution in [2.45, 2.75) is 19.8 Å². The van der Waals surface area contributed by atoms with Gasteiger partial charge in [-0.05, 0) is 25.0 Å². The number of hydrogen-bond donors (Lipinski definition) is 0. The lowest BCUT2D eigenvalue weighted by Crippen LogP contribution is -2.20. The monoisotopic (exact) mass is 187 g/mol. The first-order valence-electron chi connectivity index (χ1n) is 4.89. The SMILES string of the molecule is Cc1ccc2c(c1)CC(CC#N)CO2. The second-order valence-electron chi connectivity index (χ2n) is 3.85. The summed E-state index contributed by atoms with van der Waals surface area (Å²) < 4.78 is 5.59. The minimum atomic E-state index is 0.370. The van der Waals surface area contributed by atoms with E-state index in [-0.39, 0.29) is 0 Å². The van der Waals surface area contributed by atoms with E-state index in [1.807, 2.05) is 6.07 Å². The van der Waals surface area contributed by atoms with E-state index in [4.69, 9.17) is 10.00 Å². The van der Waals surface area contributed by atoms with E-state index in [0.717, 1.165) is 12.2 Å². The summed E-state index contributed by atoms with van der Waals surface area (Å²) >= 11 is 0. The molecule has 2 nitrogen and oxygen atoms in total. The van der Waals surface area contributed by atoms with Gasteiger partial charge >= 0.3 is 0 Å². The van der Waals surface area contributed by atoms with E-state index < -0.39 is 0 Å². The molecular formula is C12H13NO. The van der Waals surface area contributed by atoms with Gasteiger partial charge < -0.3 is 4.74 Å². The topological polar surface area (TPSA) is 33.0 Å². The Labute approximate surface area is 84.1 Å². The molecule has 0 N–H and O–H groups in total. The molecular weight excluding hydrogens is 174 g/mol. The van der Waals surface area contributed by atoms with Crippen LogP contribution in [0.1, 0.15) is 17.5 Å². The molecule has 1 aromatic carbocycles. The van der Waals surface area contributed by atoms with Crippen molar-refractivity contribution in [2.75, 3.05) is 6.61 Å². The van der Waals surface area contributed by atoms with Crippen LogP contribution in [0.15, 0.2) is 18.2 Å². The smallest absolute Gasteiger partial charge is 0.122 e. The van der Waals surface area contributed by atoms with Gasteiger partial charge in [0.05, 0.1) is 12.7 Å². The first kappa shape index (κ1) is 9.08. The van der Waals surface area contributed by atoms with Gasteiger partial charge in [-0.1, -0.05) is 17.7 Å². The minimum absolute atomic E-state index is 0.370. The highest BCUT2D eigenvalue weighted by Crippen LogP contribution is 2.29. The lowest BCUT2D eigenvalue weighted by atomic mass is 9.94. The van der Waals surface area contributed by atoms with Crippen molar-refractivity contribution in [3.05, 3.63) is 29.3 Å². The molecule has 0 fully saturated rings. The van der Waals surface area contributed by atoms with E-state index in [1.165, 1.54) is 11.1 Å². The molecule has 0 radical (unpaired) electrons. The predicted molar refractivity (Wildman–Crippen MR) is 54.1 cm³/mol.